The number of methoxy groups -OCH3 is 1. The minimum Gasteiger partial charge on any atom is -0.467 e. The fourth-order valence-electron chi connectivity index (χ4n) is 4.79. The number of hydrogen-bond acceptors (Lipinski definition) is 5. The third kappa shape index (κ3) is 3.51. The maximum absolute atomic E-state index is 12.5. The molecule has 0 N–H and O–H groups in total. The van der Waals surface area contributed by atoms with Crippen molar-refractivity contribution in [2.24, 2.45) is 0 Å². The third-order valence-corrected chi connectivity index (χ3v) is 7.20. The van der Waals surface area contributed by atoms with E-state index in [1.807, 2.05) is 30.5 Å². The molecule has 2 aliphatic rings. The summed E-state index contributed by atoms with van der Waals surface area (Å²) in [6.45, 7) is 4.92. The van der Waals surface area contributed by atoms with Crippen molar-refractivity contribution in [3.05, 3.63) is 58.9 Å². The summed E-state index contributed by atoms with van der Waals surface area (Å²) in [5.74, 6) is 0.277. The molecule has 154 valence electrons. The van der Waals surface area contributed by atoms with Gasteiger partial charge in [-0.3, -0.25) is 4.98 Å². The number of esters is 1. The minimum absolute atomic E-state index is 0.0670. The van der Waals surface area contributed by atoms with Gasteiger partial charge in [-0.1, -0.05) is 19.9 Å². The van der Waals surface area contributed by atoms with Crippen LogP contribution in [0.25, 0.3) is 0 Å². The van der Waals surface area contributed by atoms with Gasteiger partial charge < -0.3 is 14.2 Å². The predicted octanol–water partition coefficient (Wildman–Crippen LogP) is 4.74. The zero-order valence-corrected chi connectivity index (χ0v) is 17.8. The summed E-state index contributed by atoms with van der Waals surface area (Å²) in [5.41, 5.74) is 2.81. The van der Waals surface area contributed by atoms with Crippen LogP contribution < -0.4 is 4.74 Å². The summed E-state index contributed by atoms with van der Waals surface area (Å²) in [4.78, 5) is 17.1. The van der Waals surface area contributed by atoms with Crippen LogP contribution in [0.2, 0.25) is 0 Å². The average molecular weight is 416 g/mol. The molecular weight excluding hydrogens is 390 g/mol. The van der Waals surface area contributed by atoms with Crippen molar-refractivity contribution < 1.29 is 19.0 Å². The Morgan fingerprint density at radius 2 is 2.14 bits per heavy atom. The number of carbonyl (C=O) groups excluding carboxylic acids is 1. The molecule has 1 aromatic carbocycles. The van der Waals surface area contributed by atoms with Gasteiger partial charge in [0.1, 0.15) is 5.75 Å². The summed E-state index contributed by atoms with van der Waals surface area (Å²) in [6, 6.07) is 9.97. The summed E-state index contributed by atoms with van der Waals surface area (Å²) >= 11 is 6.92. The second kappa shape index (κ2) is 7.62. The summed E-state index contributed by atoms with van der Waals surface area (Å²) in [5, 5.41) is -0.0670. The zero-order chi connectivity index (χ0) is 20.6. The van der Waals surface area contributed by atoms with Crippen LogP contribution in [-0.4, -0.2) is 30.2 Å². The normalized spacial score (nSPS) is 28.9. The van der Waals surface area contributed by atoms with Gasteiger partial charge in [-0.2, -0.15) is 0 Å². The second-order valence-corrected chi connectivity index (χ2v) is 9.01. The Labute approximate surface area is 176 Å². The highest BCUT2D eigenvalue weighted by Gasteiger charge is 2.47. The molecule has 1 fully saturated rings. The number of fused-ring (bicyclic) bond motifs is 1. The lowest BCUT2D eigenvalue weighted by Crippen LogP contribution is -2.46. The number of carbonyl (C=O) groups is 1. The lowest BCUT2D eigenvalue weighted by atomic mass is 9.59. The van der Waals surface area contributed by atoms with Gasteiger partial charge in [0.25, 0.3) is 0 Å². The van der Waals surface area contributed by atoms with Crippen molar-refractivity contribution in [2.75, 3.05) is 13.9 Å². The number of pyridine rings is 1. The molecule has 1 aromatic heterocycles. The molecule has 3 atom stereocenters. The first-order valence-corrected chi connectivity index (χ1v) is 10.3. The van der Waals surface area contributed by atoms with Crippen molar-refractivity contribution in [3.8, 4) is 5.75 Å². The number of rotatable bonds is 3. The van der Waals surface area contributed by atoms with E-state index in [9.17, 15) is 4.79 Å². The van der Waals surface area contributed by atoms with Crippen molar-refractivity contribution in [1.82, 2.24) is 4.98 Å². The number of alkyl halides is 1. The quantitative estimate of drug-likeness (QED) is 0.535. The Bertz CT molecular complexity index is 919. The number of benzene rings is 1. The Hall–Kier alpha value is -2.11. The molecule has 1 aliphatic heterocycles. The van der Waals surface area contributed by atoms with E-state index in [2.05, 4.69) is 24.9 Å². The largest absolute Gasteiger partial charge is 0.467 e. The smallest absolute Gasteiger partial charge is 0.338 e. The van der Waals surface area contributed by atoms with E-state index in [0.29, 0.717) is 17.9 Å². The first-order chi connectivity index (χ1) is 13.9. The van der Waals surface area contributed by atoms with Crippen LogP contribution >= 0.6 is 11.6 Å². The summed E-state index contributed by atoms with van der Waals surface area (Å²) in [6.07, 6.45) is 4.49. The molecule has 0 bridgehead atoms. The van der Waals surface area contributed by atoms with E-state index in [1.165, 1.54) is 7.11 Å². The zero-order valence-electron chi connectivity index (χ0n) is 17.0. The van der Waals surface area contributed by atoms with Gasteiger partial charge in [-0.15, -0.1) is 11.6 Å². The van der Waals surface area contributed by atoms with E-state index in [-0.39, 0.29) is 23.0 Å². The molecule has 0 radical (unpaired) electrons. The molecule has 1 saturated carbocycles. The van der Waals surface area contributed by atoms with Crippen LogP contribution in [0.5, 0.6) is 5.75 Å². The van der Waals surface area contributed by atoms with Crippen molar-refractivity contribution in [3.63, 3.8) is 0 Å². The summed E-state index contributed by atoms with van der Waals surface area (Å²) < 4.78 is 16.1. The van der Waals surface area contributed by atoms with Gasteiger partial charge in [0.05, 0.1) is 19.3 Å². The molecule has 3 unspecified atom stereocenters. The fourth-order valence-corrected chi connectivity index (χ4v) is 5.10. The predicted molar refractivity (Wildman–Crippen MR) is 110 cm³/mol. The topological polar surface area (TPSA) is 57.7 Å². The highest BCUT2D eigenvalue weighted by atomic mass is 35.5. The van der Waals surface area contributed by atoms with Gasteiger partial charge in [0.2, 0.25) is 0 Å². The molecule has 29 heavy (non-hydrogen) atoms. The van der Waals surface area contributed by atoms with Gasteiger partial charge >= 0.3 is 5.97 Å². The molecule has 2 heterocycles. The van der Waals surface area contributed by atoms with Gasteiger partial charge in [-0.25, -0.2) is 4.79 Å². The van der Waals surface area contributed by atoms with Gasteiger partial charge in [-0.05, 0) is 49.1 Å². The minimum atomic E-state index is -0.393. The molecule has 2 aromatic rings. The Morgan fingerprint density at radius 1 is 1.31 bits per heavy atom. The van der Waals surface area contributed by atoms with Gasteiger partial charge in [0.15, 0.2) is 6.79 Å². The monoisotopic (exact) mass is 415 g/mol. The van der Waals surface area contributed by atoms with Crippen molar-refractivity contribution in [2.45, 2.75) is 55.9 Å². The van der Waals surface area contributed by atoms with E-state index in [4.69, 9.17) is 25.8 Å². The average Bonchev–Trinajstić information content (AvgIpc) is 2.76. The highest BCUT2D eigenvalue weighted by molar-refractivity contribution is 6.21. The molecule has 6 heteroatoms. The van der Waals surface area contributed by atoms with Crippen LogP contribution in [0.1, 0.15) is 60.3 Å². The second-order valence-electron chi connectivity index (χ2n) is 8.48. The van der Waals surface area contributed by atoms with E-state index >= 15 is 0 Å². The number of halogens is 1. The lowest BCUT2D eigenvalue weighted by molar-refractivity contribution is -0.0173. The Balaban J connectivity index is 1.80. The first kappa shape index (κ1) is 20.2. The molecular formula is C23H26ClNO4. The SMILES string of the molecule is COC(=O)c1cc(C2(C)CC(C)(c3ccccn3)CCC2Cl)cc2c1COCO2. The van der Waals surface area contributed by atoms with Crippen molar-refractivity contribution >= 4 is 17.6 Å². The van der Waals surface area contributed by atoms with E-state index in [1.54, 1.807) is 0 Å². The molecule has 5 nitrogen and oxygen atoms in total. The van der Waals surface area contributed by atoms with Crippen LogP contribution in [0.3, 0.4) is 0 Å². The highest BCUT2D eigenvalue weighted by Crippen LogP contribution is 2.51. The molecule has 0 spiro atoms. The lowest BCUT2D eigenvalue weighted by Gasteiger charge is -2.48. The van der Waals surface area contributed by atoms with Crippen LogP contribution in [0.4, 0.5) is 0 Å². The number of hydrogen-bond donors (Lipinski definition) is 0. The van der Waals surface area contributed by atoms with Crippen LogP contribution in [-0.2, 0) is 26.9 Å². The fraction of sp³-hybridized carbons (Fsp3) is 0.478. The summed E-state index contributed by atoms with van der Waals surface area (Å²) in [7, 11) is 1.39. The standard InChI is InChI=1S/C23H26ClNO4/c1-22(20-6-4-5-9-25-20)8-7-19(24)23(2,13-22)15-10-16(21(26)27-3)17-12-28-14-29-18(17)11-15/h4-6,9-11,19H,7-8,12-14H2,1-3H3. The van der Waals surface area contributed by atoms with E-state index in [0.717, 1.165) is 36.1 Å². The number of ether oxygens (including phenoxy) is 3. The number of aromatic nitrogens is 1. The molecule has 4 rings (SSSR count). The molecule has 0 saturated heterocycles. The van der Waals surface area contributed by atoms with Crippen LogP contribution in [0, 0.1) is 0 Å². The Kier molecular flexibility index (Phi) is 5.30. The maximum Gasteiger partial charge on any atom is 0.338 e. The molecule has 0 amide bonds. The molecule has 1 aliphatic carbocycles. The van der Waals surface area contributed by atoms with Gasteiger partial charge in [0, 0.05) is 33.7 Å². The Morgan fingerprint density at radius 3 is 2.86 bits per heavy atom. The van der Waals surface area contributed by atoms with Crippen LogP contribution in [0.15, 0.2) is 36.5 Å². The first-order valence-electron chi connectivity index (χ1n) is 9.89. The van der Waals surface area contributed by atoms with Crippen molar-refractivity contribution in [1.29, 1.82) is 0 Å². The van der Waals surface area contributed by atoms with E-state index < -0.39 is 5.97 Å². The maximum atomic E-state index is 12.5. The number of nitrogens with zero attached hydrogens (tertiary/aromatic N) is 1. The third-order valence-electron chi connectivity index (χ3n) is 6.50.